The Kier molecular flexibility index (Phi) is 1.47. The Balaban J connectivity index is 2.83. The van der Waals surface area contributed by atoms with Gasteiger partial charge in [-0.2, -0.15) is 0 Å². The van der Waals surface area contributed by atoms with E-state index < -0.39 is 0 Å². The highest BCUT2D eigenvalue weighted by Crippen LogP contribution is 2.12. The second-order valence-electron chi connectivity index (χ2n) is 2.13. The number of fused-ring (bicyclic) bond motifs is 1. The van der Waals surface area contributed by atoms with Crippen LogP contribution in [0.4, 0.5) is 0 Å². The molecular formula is C8H4ClN2. The van der Waals surface area contributed by atoms with Crippen LogP contribution in [0.5, 0.6) is 0 Å². The fourth-order valence-corrected chi connectivity index (χ4v) is 1.03. The molecule has 0 saturated heterocycles. The first kappa shape index (κ1) is 6.55. The molecule has 11 heavy (non-hydrogen) atoms. The standard InChI is InChI=1S/C8H4ClN2/c9-6-4-8-7(11-5-6)2-1-3-10-8/h1-2,4-5H. The van der Waals surface area contributed by atoms with Crippen molar-refractivity contribution in [2.24, 2.45) is 0 Å². The lowest BCUT2D eigenvalue weighted by atomic mass is 10.3. The van der Waals surface area contributed by atoms with Crippen LogP contribution in [-0.4, -0.2) is 9.97 Å². The topological polar surface area (TPSA) is 25.8 Å². The molecular weight excluding hydrogens is 160 g/mol. The lowest BCUT2D eigenvalue weighted by molar-refractivity contribution is 1.33. The maximum absolute atomic E-state index is 5.70. The molecule has 2 nitrogen and oxygen atoms in total. The minimum Gasteiger partial charge on any atom is -0.253 e. The molecule has 2 rings (SSSR count). The minimum absolute atomic E-state index is 0.601. The van der Waals surface area contributed by atoms with Crippen LogP contribution in [-0.2, 0) is 0 Å². The Hall–Kier alpha value is -1.15. The monoisotopic (exact) mass is 163 g/mol. The summed E-state index contributed by atoms with van der Waals surface area (Å²) in [4.78, 5) is 8.04. The average molecular weight is 164 g/mol. The molecule has 0 amide bonds. The SMILES string of the molecule is Clc1cnc2cc[c]nc2c1. The molecule has 2 heterocycles. The largest absolute Gasteiger partial charge is 0.253 e. The van der Waals surface area contributed by atoms with Crippen molar-refractivity contribution >= 4 is 22.6 Å². The van der Waals surface area contributed by atoms with Gasteiger partial charge in [-0.25, -0.2) is 4.98 Å². The second kappa shape index (κ2) is 2.47. The third kappa shape index (κ3) is 1.17. The van der Waals surface area contributed by atoms with Gasteiger partial charge in [0, 0.05) is 6.20 Å². The highest BCUT2D eigenvalue weighted by molar-refractivity contribution is 6.31. The van der Waals surface area contributed by atoms with Crippen molar-refractivity contribution < 1.29 is 0 Å². The summed E-state index contributed by atoms with van der Waals surface area (Å²) in [5.74, 6) is 0. The maximum Gasteiger partial charge on any atom is 0.0909 e. The highest BCUT2D eigenvalue weighted by Gasteiger charge is 1.94. The number of hydrogen-bond donors (Lipinski definition) is 0. The summed E-state index contributed by atoms with van der Waals surface area (Å²) < 4.78 is 0. The van der Waals surface area contributed by atoms with Gasteiger partial charge < -0.3 is 0 Å². The summed E-state index contributed by atoms with van der Waals surface area (Å²) >= 11 is 5.70. The first-order chi connectivity index (χ1) is 5.36. The van der Waals surface area contributed by atoms with E-state index in [0.29, 0.717) is 5.02 Å². The van der Waals surface area contributed by atoms with Crippen LogP contribution in [0.1, 0.15) is 0 Å². The molecule has 53 valence electrons. The molecule has 0 saturated carbocycles. The average Bonchev–Trinajstić information content (AvgIpc) is 2.04. The summed E-state index contributed by atoms with van der Waals surface area (Å²) in [7, 11) is 0. The molecule has 0 N–H and O–H groups in total. The Bertz CT molecular complexity index is 387. The molecule has 0 aliphatic rings. The van der Waals surface area contributed by atoms with Crippen LogP contribution >= 0.6 is 11.6 Å². The van der Waals surface area contributed by atoms with Gasteiger partial charge in [0.1, 0.15) is 0 Å². The normalized spacial score (nSPS) is 10.3. The van der Waals surface area contributed by atoms with Crippen LogP contribution in [0.2, 0.25) is 5.02 Å². The molecule has 2 aromatic heterocycles. The molecule has 0 unspecified atom stereocenters. The molecule has 0 atom stereocenters. The zero-order chi connectivity index (χ0) is 7.68. The van der Waals surface area contributed by atoms with Crippen molar-refractivity contribution in [3.63, 3.8) is 0 Å². The van der Waals surface area contributed by atoms with Crippen molar-refractivity contribution in [1.29, 1.82) is 0 Å². The van der Waals surface area contributed by atoms with Crippen LogP contribution in [0.3, 0.4) is 0 Å². The smallest absolute Gasteiger partial charge is 0.0909 e. The molecule has 0 aliphatic carbocycles. The van der Waals surface area contributed by atoms with E-state index in [-0.39, 0.29) is 0 Å². The molecule has 1 radical (unpaired) electrons. The Morgan fingerprint density at radius 2 is 2.27 bits per heavy atom. The Morgan fingerprint density at radius 1 is 1.36 bits per heavy atom. The Morgan fingerprint density at radius 3 is 3.18 bits per heavy atom. The van der Waals surface area contributed by atoms with Gasteiger partial charge in [-0.15, -0.1) is 0 Å². The van der Waals surface area contributed by atoms with Gasteiger partial charge >= 0.3 is 0 Å². The molecule has 0 spiro atoms. The molecule has 0 fully saturated rings. The predicted molar refractivity (Wildman–Crippen MR) is 43.4 cm³/mol. The summed E-state index contributed by atoms with van der Waals surface area (Å²) in [6, 6.07) is 5.34. The summed E-state index contributed by atoms with van der Waals surface area (Å²) in [5.41, 5.74) is 1.62. The molecule has 0 bridgehead atoms. The van der Waals surface area contributed by atoms with E-state index >= 15 is 0 Å². The molecule has 3 heteroatoms. The zero-order valence-corrected chi connectivity index (χ0v) is 6.34. The van der Waals surface area contributed by atoms with Crippen molar-refractivity contribution in [3.05, 3.63) is 35.6 Å². The lowest BCUT2D eigenvalue weighted by Gasteiger charge is -1.93. The van der Waals surface area contributed by atoms with E-state index in [2.05, 4.69) is 16.2 Å². The van der Waals surface area contributed by atoms with E-state index in [1.165, 1.54) is 0 Å². The summed E-state index contributed by atoms with van der Waals surface area (Å²) in [6.45, 7) is 0. The van der Waals surface area contributed by atoms with Gasteiger partial charge in [-0.3, -0.25) is 4.98 Å². The molecule has 0 aliphatic heterocycles. The summed E-state index contributed by atoms with van der Waals surface area (Å²) in [6.07, 6.45) is 4.32. The van der Waals surface area contributed by atoms with Gasteiger partial charge in [0.2, 0.25) is 0 Å². The quantitative estimate of drug-likeness (QED) is 0.594. The van der Waals surface area contributed by atoms with E-state index in [0.717, 1.165) is 11.0 Å². The Labute approximate surface area is 68.9 Å². The fraction of sp³-hybridized carbons (Fsp3) is 0. The molecule has 2 aromatic rings. The van der Waals surface area contributed by atoms with Crippen LogP contribution in [0.15, 0.2) is 24.4 Å². The van der Waals surface area contributed by atoms with Crippen molar-refractivity contribution in [1.82, 2.24) is 9.97 Å². The van der Waals surface area contributed by atoms with Gasteiger partial charge in [0.05, 0.1) is 22.3 Å². The predicted octanol–water partition coefficient (Wildman–Crippen LogP) is 2.08. The first-order valence-electron chi connectivity index (χ1n) is 3.14. The van der Waals surface area contributed by atoms with Gasteiger partial charge in [-0.05, 0) is 18.2 Å². The van der Waals surface area contributed by atoms with Crippen molar-refractivity contribution in [2.45, 2.75) is 0 Å². The van der Waals surface area contributed by atoms with E-state index in [1.807, 2.05) is 6.07 Å². The van der Waals surface area contributed by atoms with Crippen LogP contribution in [0, 0.1) is 6.20 Å². The second-order valence-corrected chi connectivity index (χ2v) is 2.57. The van der Waals surface area contributed by atoms with Gasteiger partial charge in [0.25, 0.3) is 0 Å². The zero-order valence-electron chi connectivity index (χ0n) is 5.58. The first-order valence-corrected chi connectivity index (χ1v) is 3.52. The summed E-state index contributed by atoms with van der Waals surface area (Å²) in [5, 5.41) is 0.601. The maximum atomic E-state index is 5.70. The van der Waals surface area contributed by atoms with Crippen LogP contribution in [0.25, 0.3) is 11.0 Å². The molecule has 0 aromatic carbocycles. The minimum atomic E-state index is 0.601. The number of aromatic nitrogens is 2. The fourth-order valence-electron chi connectivity index (χ4n) is 0.880. The lowest BCUT2D eigenvalue weighted by Crippen LogP contribution is -1.80. The highest BCUT2D eigenvalue weighted by atomic mass is 35.5. The third-order valence-corrected chi connectivity index (χ3v) is 1.57. The van der Waals surface area contributed by atoms with Gasteiger partial charge in [-0.1, -0.05) is 11.6 Å². The number of hydrogen-bond acceptors (Lipinski definition) is 2. The number of pyridine rings is 2. The van der Waals surface area contributed by atoms with E-state index in [1.54, 1.807) is 18.3 Å². The van der Waals surface area contributed by atoms with Gasteiger partial charge in [0.15, 0.2) is 0 Å². The van der Waals surface area contributed by atoms with E-state index in [4.69, 9.17) is 11.6 Å². The van der Waals surface area contributed by atoms with Crippen molar-refractivity contribution in [2.75, 3.05) is 0 Å². The number of nitrogens with zero attached hydrogens (tertiary/aromatic N) is 2. The third-order valence-electron chi connectivity index (χ3n) is 1.36. The van der Waals surface area contributed by atoms with Crippen molar-refractivity contribution in [3.8, 4) is 0 Å². The van der Waals surface area contributed by atoms with E-state index in [9.17, 15) is 0 Å². The number of halogens is 1. The van der Waals surface area contributed by atoms with Crippen LogP contribution < -0.4 is 0 Å². The number of rotatable bonds is 0.